The Hall–Kier alpha value is -1.82. The summed E-state index contributed by atoms with van der Waals surface area (Å²) in [6, 6.07) is 7.66. The number of benzene rings is 1. The summed E-state index contributed by atoms with van der Waals surface area (Å²) in [5.41, 5.74) is 1.24. The summed E-state index contributed by atoms with van der Waals surface area (Å²) in [6.07, 6.45) is 3.80. The van der Waals surface area contributed by atoms with Gasteiger partial charge in [0, 0.05) is 5.41 Å². The lowest BCUT2D eigenvalue weighted by molar-refractivity contribution is -0.142. The van der Waals surface area contributed by atoms with Crippen molar-refractivity contribution < 1.29 is 23.9 Å². The van der Waals surface area contributed by atoms with Crippen LogP contribution in [0.2, 0.25) is 0 Å². The van der Waals surface area contributed by atoms with Gasteiger partial charge in [-0.15, -0.1) is 11.8 Å². The number of aldehydes is 1. The maximum atomic E-state index is 12.0. The molecule has 0 fully saturated rings. The van der Waals surface area contributed by atoms with Gasteiger partial charge in [0.15, 0.2) is 0 Å². The highest BCUT2D eigenvalue weighted by atomic mass is 32.2. The first-order valence-electron chi connectivity index (χ1n) is 10.6. The van der Waals surface area contributed by atoms with Crippen molar-refractivity contribution in [2.45, 2.75) is 65.7 Å². The minimum atomic E-state index is -0.598. The highest BCUT2D eigenvalue weighted by molar-refractivity contribution is 7.99. The summed E-state index contributed by atoms with van der Waals surface area (Å²) in [4.78, 5) is 35.2. The Kier molecular flexibility index (Phi) is 11.2. The van der Waals surface area contributed by atoms with Crippen LogP contribution in [-0.2, 0) is 35.7 Å². The van der Waals surface area contributed by atoms with E-state index in [2.05, 4.69) is 13.8 Å². The van der Waals surface area contributed by atoms with Crippen LogP contribution < -0.4 is 0 Å². The predicted octanol–water partition coefficient (Wildman–Crippen LogP) is 4.74. The summed E-state index contributed by atoms with van der Waals surface area (Å²) >= 11 is 1.59. The summed E-state index contributed by atoms with van der Waals surface area (Å²) in [5, 5.41) is 0. The van der Waals surface area contributed by atoms with Crippen LogP contribution >= 0.6 is 11.8 Å². The van der Waals surface area contributed by atoms with E-state index in [0.29, 0.717) is 19.0 Å². The highest BCUT2D eigenvalue weighted by Crippen LogP contribution is 2.33. The number of hydrogen-bond donors (Lipinski definition) is 0. The van der Waals surface area contributed by atoms with Gasteiger partial charge in [-0.3, -0.25) is 9.59 Å². The molecular weight excluding hydrogens is 400 g/mol. The second kappa shape index (κ2) is 12.8. The third kappa shape index (κ3) is 9.33. The minimum absolute atomic E-state index is 0.0622. The number of rotatable bonds is 14. The average Bonchev–Trinajstić information content (AvgIpc) is 2.68. The van der Waals surface area contributed by atoms with Crippen LogP contribution in [0.3, 0.4) is 0 Å². The number of ether oxygens (including phenoxy) is 2. The van der Waals surface area contributed by atoms with Crippen LogP contribution in [0.15, 0.2) is 24.3 Å². The quantitative estimate of drug-likeness (QED) is 0.310. The second-order valence-electron chi connectivity index (χ2n) is 8.53. The van der Waals surface area contributed by atoms with E-state index in [9.17, 15) is 14.4 Å². The molecule has 0 saturated carbocycles. The molecule has 0 spiro atoms. The summed E-state index contributed by atoms with van der Waals surface area (Å²) in [5.74, 6) is 0.800. The van der Waals surface area contributed by atoms with Gasteiger partial charge in [-0.05, 0) is 55.9 Å². The van der Waals surface area contributed by atoms with Gasteiger partial charge < -0.3 is 14.3 Å². The molecule has 5 nitrogen and oxygen atoms in total. The van der Waals surface area contributed by atoms with E-state index in [1.807, 2.05) is 38.1 Å². The molecule has 1 unspecified atom stereocenters. The topological polar surface area (TPSA) is 69.7 Å². The third-order valence-electron chi connectivity index (χ3n) is 5.07. The smallest absolute Gasteiger partial charge is 0.315 e. The van der Waals surface area contributed by atoms with E-state index in [1.54, 1.807) is 18.7 Å². The zero-order valence-electron chi connectivity index (χ0n) is 19.0. The van der Waals surface area contributed by atoms with Crippen molar-refractivity contribution in [3.8, 4) is 0 Å². The zero-order chi connectivity index (χ0) is 22.6. The summed E-state index contributed by atoms with van der Waals surface area (Å²) in [6.45, 7) is 10.7. The second-order valence-corrected chi connectivity index (χ2v) is 9.52. The van der Waals surface area contributed by atoms with Crippen molar-refractivity contribution in [2.24, 2.45) is 5.41 Å². The Morgan fingerprint density at radius 1 is 1.03 bits per heavy atom. The maximum Gasteiger partial charge on any atom is 0.315 e. The average molecular weight is 437 g/mol. The number of carbonyl (C=O) groups excluding carboxylic acids is 3. The van der Waals surface area contributed by atoms with Crippen LogP contribution in [0.4, 0.5) is 0 Å². The van der Waals surface area contributed by atoms with Crippen LogP contribution in [0, 0.1) is 5.41 Å². The molecule has 1 rings (SSSR count). The van der Waals surface area contributed by atoms with Gasteiger partial charge in [0.1, 0.15) is 6.29 Å². The molecule has 168 valence electrons. The molecule has 0 heterocycles. The Morgan fingerprint density at radius 2 is 1.70 bits per heavy atom. The van der Waals surface area contributed by atoms with E-state index in [-0.39, 0.29) is 23.8 Å². The minimum Gasteiger partial charge on any atom is -0.466 e. The van der Waals surface area contributed by atoms with Crippen molar-refractivity contribution in [2.75, 3.05) is 24.7 Å². The van der Waals surface area contributed by atoms with E-state index >= 15 is 0 Å². The molecule has 0 amide bonds. The molecule has 0 bridgehead atoms. The van der Waals surface area contributed by atoms with Crippen molar-refractivity contribution >= 4 is 30.0 Å². The van der Waals surface area contributed by atoms with Gasteiger partial charge in [-0.25, -0.2) is 0 Å². The molecule has 1 atom stereocenters. The predicted molar refractivity (Wildman–Crippen MR) is 122 cm³/mol. The molecule has 0 aliphatic rings. The molecule has 1 aromatic carbocycles. The SMILES string of the molecule is CCOC(=O)CSCC(C)(C)CCCC(C)(C=O)c1cccc(CC(=O)OCC)c1. The standard InChI is InChI=1S/C24H36O5S/c1-6-28-21(26)15-19-10-8-11-20(14-19)24(5,17-25)13-9-12-23(3,4)18-30-16-22(27)29-7-2/h8,10-11,14,17H,6-7,9,12-13,15-16,18H2,1-5H3. The largest absolute Gasteiger partial charge is 0.466 e. The van der Waals surface area contributed by atoms with Crippen molar-refractivity contribution in [1.82, 2.24) is 0 Å². The molecule has 0 radical (unpaired) electrons. The van der Waals surface area contributed by atoms with Gasteiger partial charge >= 0.3 is 11.9 Å². The van der Waals surface area contributed by atoms with Crippen LogP contribution in [0.25, 0.3) is 0 Å². The van der Waals surface area contributed by atoms with Crippen molar-refractivity contribution in [1.29, 1.82) is 0 Å². The Labute approximate surface area is 185 Å². The van der Waals surface area contributed by atoms with Crippen LogP contribution in [-0.4, -0.2) is 42.9 Å². The molecule has 0 saturated heterocycles. The van der Waals surface area contributed by atoms with Crippen molar-refractivity contribution in [3.63, 3.8) is 0 Å². The number of hydrogen-bond acceptors (Lipinski definition) is 6. The van der Waals surface area contributed by atoms with E-state index in [4.69, 9.17) is 9.47 Å². The van der Waals surface area contributed by atoms with Crippen LogP contribution in [0.5, 0.6) is 0 Å². The molecule has 0 aromatic heterocycles. The maximum absolute atomic E-state index is 12.0. The molecule has 30 heavy (non-hydrogen) atoms. The molecule has 0 aliphatic heterocycles. The lowest BCUT2D eigenvalue weighted by Gasteiger charge is -2.28. The Balaban J connectivity index is 2.64. The number of carbonyl (C=O) groups is 3. The van der Waals surface area contributed by atoms with E-state index in [0.717, 1.165) is 42.4 Å². The molecular formula is C24H36O5S. The lowest BCUT2D eigenvalue weighted by atomic mass is 9.77. The summed E-state index contributed by atoms with van der Waals surface area (Å²) in [7, 11) is 0. The molecule has 0 aliphatic carbocycles. The fraction of sp³-hybridized carbons (Fsp3) is 0.625. The van der Waals surface area contributed by atoms with Gasteiger partial charge in [-0.1, -0.05) is 44.5 Å². The zero-order valence-corrected chi connectivity index (χ0v) is 19.8. The lowest BCUT2D eigenvalue weighted by Crippen LogP contribution is -2.25. The fourth-order valence-electron chi connectivity index (χ4n) is 3.31. The van der Waals surface area contributed by atoms with Crippen LogP contribution in [0.1, 0.15) is 65.0 Å². The van der Waals surface area contributed by atoms with E-state index in [1.165, 1.54) is 0 Å². The molecule has 1 aromatic rings. The molecule has 6 heteroatoms. The molecule has 0 N–H and O–H groups in total. The van der Waals surface area contributed by atoms with Gasteiger partial charge in [0.2, 0.25) is 0 Å². The van der Waals surface area contributed by atoms with Crippen molar-refractivity contribution in [3.05, 3.63) is 35.4 Å². The Bertz CT molecular complexity index is 701. The highest BCUT2D eigenvalue weighted by Gasteiger charge is 2.28. The van der Waals surface area contributed by atoms with Gasteiger partial charge in [-0.2, -0.15) is 0 Å². The monoisotopic (exact) mass is 436 g/mol. The van der Waals surface area contributed by atoms with Gasteiger partial charge in [0.25, 0.3) is 0 Å². The fourth-order valence-corrected chi connectivity index (χ4v) is 4.36. The Morgan fingerprint density at radius 3 is 2.33 bits per heavy atom. The first kappa shape index (κ1) is 26.2. The first-order chi connectivity index (χ1) is 14.2. The van der Waals surface area contributed by atoms with Gasteiger partial charge in [0.05, 0.1) is 25.4 Å². The van der Waals surface area contributed by atoms with E-state index < -0.39 is 5.41 Å². The number of thioether (sulfide) groups is 1. The number of esters is 2. The first-order valence-corrected chi connectivity index (χ1v) is 11.8. The third-order valence-corrected chi connectivity index (χ3v) is 6.49. The normalized spacial score (nSPS) is 13.4. The summed E-state index contributed by atoms with van der Waals surface area (Å²) < 4.78 is 9.99.